The minimum absolute atomic E-state index is 0.209. The summed E-state index contributed by atoms with van der Waals surface area (Å²) in [6.07, 6.45) is 3.27. The molecule has 2 N–H and O–H groups in total. The molecule has 2 aromatic heterocycles. The largest absolute Gasteiger partial charge is 0.338 e. The first-order chi connectivity index (χ1) is 11.8. The van der Waals surface area contributed by atoms with E-state index in [0.717, 1.165) is 16.9 Å². The van der Waals surface area contributed by atoms with E-state index in [-0.39, 0.29) is 5.91 Å². The van der Waals surface area contributed by atoms with E-state index in [0.29, 0.717) is 16.8 Å². The number of benzene rings is 2. The van der Waals surface area contributed by atoms with Gasteiger partial charge in [0.15, 0.2) is 0 Å². The molecule has 0 aliphatic carbocycles. The van der Waals surface area contributed by atoms with Gasteiger partial charge in [0.1, 0.15) is 11.3 Å². The van der Waals surface area contributed by atoms with E-state index in [1.165, 1.54) is 0 Å². The molecule has 2 aromatic carbocycles. The normalized spacial score (nSPS) is 10.7. The summed E-state index contributed by atoms with van der Waals surface area (Å²) in [4.78, 5) is 24.5. The first-order valence-electron chi connectivity index (χ1n) is 7.57. The second kappa shape index (κ2) is 5.96. The fourth-order valence-corrected chi connectivity index (χ4v) is 2.58. The van der Waals surface area contributed by atoms with Gasteiger partial charge in [0.05, 0.1) is 23.0 Å². The predicted octanol–water partition coefficient (Wildman–Crippen LogP) is 3.88. The third kappa shape index (κ3) is 2.63. The molecular weight excluding hydrogens is 300 g/mol. The van der Waals surface area contributed by atoms with Gasteiger partial charge in [0, 0.05) is 11.8 Å². The SMILES string of the molecule is O=C(Nc1cccnc1)c1cccc2[nH]c(-c3ccccc3)nc12. The number of aromatic nitrogens is 3. The predicted molar refractivity (Wildman–Crippen MR) is 93.7 cm³/mol. The van der Waals surface area contributed by atoms with Gasteiger partial charge in [0.2, 0.25) is 0 Å². The molecule has 5 heteroatoms. The number of nitrogens with one attached hydrogen (secondary N) is 2. The van der Waals surface area contributed by atoms with Crippen molar-refractivity contribution in [2.24, 2.45) is 0 Å². The van der Waals surface area contributed by atoms with Crippen LogP contribution in [0.1, 0.15) is 10.4 Å². The van der Waals surface area contributed by atoms with Crippen LogP contribution < -0.4 is 5.32 Å². The van der Waals surface area contributed by atoms with Crippen LogP contribution in [0.25, 0.3) is 22.4 Å². The highest BCUT2D eigenvalue weighted by molar-refractivity contribution is 6.11. The Kier molecular flexibility index (Phi) is 3.51. The monoisotopic (exact) mass is 314 g/mol. The zero-order valence-corrected chi connectivity index (χ0v) is 12.7. The van der Waals surface area contributed by atoms with Gasteiger partial charge < -0.3 is 10.3 Å². The molecule has 1 amide bonds. The van der Waals surface area contributed by atoms with E-state index in [2.05, 4.69) is 20.3 Å². The number of para-hydroxylation sites is 1. The Labute approximate surface area is 138 Å². The van der Waals surface area contributed by atoms with Crippen molar-refractivity contribution in [2.75, 3.05) is 5.32 Å². The molecule has 116 valence electrons. The van der Waals surface area contributed by atoms with Gasteiger partial charge >= 0.3 is 0 Å². The summed E-state index contributed by atoms with van der Waals surface area (Å²) in [6, 6.07) is 18.9. The van der Waals surface area contributed by atoms with Gasteiger partial charge in [-0.05, 0) is 24.3 Å². The number of carbonyl (C=O) groups excluding carboxylic acids is 1. The Morgan fingerprint density at radius 3 is 2.62 bits per heavy atom. The minimum Gasteiger partial charge on any atom is -0.338 e. The second-order valence-electron chi connectivity index (χ2n) is 5.35. The minimum atomic E-state index is -0.209. The molecule has 24 heavy (non-hydrogen) atoms. The summed E-state index contributed by atoms with van der Waals surface area (Å²) in [6.45, 7) is 0. The second-order valence-corrected chi connectivity index (χ2v) is 5.35. The van der Waals surface area contributed by atoms with Crippen LogP contribution in [-0.2, 0) is 0 Å². The molecule has 0 atom stereocenters. The molecule has 0 aliphatic rings. The average Bonchev–Trinajstić information content (AvgIpc) is 3.07. The molecule has 0 bridgehead atoms. The van der Waals surface area contributed by atoms with E-state index >= 15 is 0 Å². The van der Waals surface area contributed by atoms with E-state index in [1.54, 1.807) is 30.6 Å². The quantitative estimate of drug-likeness (QED) is 0.603. The average molecular weight is 314 g/mol. The summed E-state index contributed by atoms with van der Waals surface area (Å²) in [7, 11) is 0. The van der Waals surface area contributed by atoms with Crippen LogP contribution in [0.2, 0.25) is 0 Å². The van der Waals surface area contributed by atoms with Crippen LogP contribution >= 0.6 is 0 Å². The van der Waals surface area contributed by atoms with Crippen molar-refractivity contribution in [3.8, 4) is 11.4 Å². The van der Waals surface area contributed by atoms with Gasteiger partial charge in [-0.3, -0.25) is 9.78 Å². The first-order valence-corrected chi connectivity index (χ1v) is 7.57. The van der Waals surface area contributed by atoms with Crippen molar-refractivity contribution in [1.29, 1.82) is 0 Å². The Morgan fingerprint density at radius 2 is 1.83 bits per heavy atom. The lowest BCUT2D eigenvalue weighted by atomic mass is 10.1. The van der Waals surface area contributed by atoms with E-state index < -0.39 is 0 Å². The van der Waals surface area contributed by atoms with Crippen molar-refractivity contribution in [1.82, 2.24) is 15.0 Å². The number of fused-ring (bicyclic) bond motifs is 1. The zero-order valence-electron chi connectivity index (χ0n) is 12.7. The van der Waals surface area contributed by atoms with Gasteiger partial charge in [-0.15, -0.1) is 0 Å². The van der Waals surface area contributed by atoms with Crippen molar-refractivity contribution >= 4 is 22.6 Å². The van der Waals surface area contributed by atoms with Crippen LogP contribution in [0.5, 0.6) is 0 Å². The molecule has 5 nitrogen and oxygen atoms in total. The Balaban J connectivity index is 1.73. The number of rotatable bonds is 3. The summed E-state index contributed by atoms with van der Waals surface area (Å²) in [5.41, 5.74) is 3.63. The first kappa shape index (κ1) is 14.1. The zero-order chi connectivity index (χ0) is 16.4. The summed E-state index contributed by atoms with van der Waals surface area (Å²) in [5, 5.41) is 2.84. The van der Waals surface area contributed by atoms with Gasteiger partial charge in [-0.25, -0.2) is 4.98 Å². The highest BCUT2D eigenvalue weighted by Gasteiger charge is 2.14. The number of hydrogen-bond donors (Lipinski definition) is 2. The molecule has 2 heterocycles. The van der Waals surface area contributed by atoms with Crippen LogP contribution in [0, 0.1) is 0 Å². The molecule has 0 fully saturated rings. The van der Waals surface area contributed by atoms with Crippen molar-refractivity contribution in [2.45, 2.75) is 0 Å². The number of aromatic amines is 1. The highest BCUT2D eigenvalue weighted by atomic mass is 16.1. The lowest BCUT2D eigenvalue weighted by Crippen LogP contribution is -2.12. The fraction of sp³-hybridized carbons (Fsp3) is 0. The molecular formula is C19H14N4O. The summed E-state index contributed by atoms with van der Waals surface area (Å²) < 4.78 is 0. The molecule has 0 unspecified atom stereocenters. The molecule has 0 radical (unpaired) electrons. The molecule has 0 saturated carbocycles. The van der Waals surface area contributed by atoms with Gasteiger partial charge in [0.25, 0.3) is 5.91 Å². The maximum Gasteiger partial charge on any atom is 0.257 e. The fourth-order valence-electron chi connectivity index (χ4n) is 2.58. The molecule has 0 aliphatic heterocycles. The number of H-pyrrole nitrogens is 1. The lowest BCUT2D eigenvalue weighted by molar-refractivity contribution is 0.102. The topological polar surface area (TPSA) is 70.7 Å². The third-order valence-corrected chi connectivity index (χ3v) is 3.72. The number of anilines is 1. The molecule has 0 spiro atoms. The maximum atomic E-state index is 12.6. The van der Waals surface area contributed by atoms with Gasteiger partial charge in [-0.1, -0.05) is 36.4 Å². The number of pyridine rings is 1. The Hall–Kier alpha value is -3.47. The Bertz CT molecular complexity index is 994. The number of nitrogens with zero attached hydrogens (tertiary/aromatic N) is 2. The van der Waals surface area contributed by atoms with Crippen LogP contribution in [0.3, 0.4) is 0 Å². The number of amides is 1. The smallest absolute Gasteiger partial charge is 0.257 e. The lowest BCUT2D eigenvalue weighted by Gasteiger charge is -2.04. The Morgan fingerprint density at radius 1 is 0.958 bits per heavy atom. The summed E-state index contributed by atoms with van der Waals surface area (Å²) >= 11 is 0. The van der Waals surface area contributed by atoms with E-state index in [9.17, 15) is 4.79 Å². The number of imidazole rings is 1. The standard InChI is InChI=1S/C19H14N4O/c24-19(21-14-8-5-11-20-12-14)15-9-4-10-16-17(15)23-18(22-16)13-6-2-1-3-7-13/h1-12H,(H,21,24)(H,22,23). The van der Waals surface area contributed by atoms with Crippen molar-refractivity contribution in [3.05, 3.63) is 78.6 Å². The van der Waals surface area contributed by atoms with E-state index in [1.807, 2.05) is 42.5 Å². The number of hydrogen-bond acceptors (Lipinski definition) is 3. The van der Waals surface area contributed by atoms with Crippen LogP contribution in [-0.4, -0.2) is 20.9 Å². The van der Waals surface area contributed by atoms with E-state index in [4.69, 9.17) is 0 Å². The molecule has 4 aromatic rings. The van der Waals surface area contributed by atoms with Crippen LogP contribution in [0.15, 0.2) is 73.1 Å². The van der Waals surface area contributed by atoms with Gasteiger partial charge in [-0.2, -0.15) is 0 Å². The molecule has 0 saturated heterocycles. The van der Waals surface area contributed by atoms with Crippen molar-refractivity contribution in [3.63, 3.8) is 0 Å². The summed E-state index contributed by atoms with van der Waals surface area (Å²) in [5.74, 6) is 0.534. The highest BCUT2D eigenvalue weighted by Crippen LogP contribution is 2.23. The maximum absolute atomic E-state index is 12.6. The number of carbonyl (C=O) groups is 1. The van der Waals surface area contributed by atoms with Crippen LogP contribution in [0.4, 0.5) is 5.69 Å². The third-order valence-electron chi connectivity index (χ3n) is 3.72. The van der Waals surface area contributed by atoms with Crippen molar-refractivity contribution < 1.29 is 4.79 Å². The molecule has 4 rings (SSSR count).